The number of phenolic OH excluding ortho intramolecular Hbond substituents is 1. The lowest BCUT2D eigenvalue weighted by atomic mass is 10.0. The fraction of sp³-hybridized carbons (Fsp3) is 0.118. The molecule has 0 unspecified atom stereocenters. The van der Waals surface area contributed by atoms with Gasteiger partial charge in [-0.3, -0.25) is 5.32 Å². The van der Waals surface area contributed by atoms with E-state index in [0.717, 1.165) is 27.8 Å². The molecule has 0 saturated heterocycles. The van der Waals surface area contributed by atoms with Crippen LogP contribution in [0.15, 0.2) is 54.6 Å². The summed E-state index contributed by atoms with van der Waals surface area (Å²) in [6.45, 7) is 2.59. The Kier molecular flexibility index (Phi) is 3.25. The molecule has 0 spiro atoms. The number of nitrogens with one attached hydrogen (secondary N) is 2. The van der Waals surface area contributed by atoms with Gasteiger partial charge in [0.2, 0.25) is 0 Å². The molecule has 1 aromatic heterocycles. The van der Waals surface area contributed by atoms with E-state index >= 15 is 0 Å². The zero-order valence-electron chi connectivity index (χ0n) is 11.4. The summed E-state index contributed by atoms with van der Waals surface area (Å²) in [6, 6.07) is 17.8. The molecule has 3 N–H and O–H groups in total. The fourth-order valence-electron chi connectivity index (χ4n) is 2.38. The van der Waals surface area contributed by atoms with E-state index in [0.29, 0.717) is 12.3 Å². The van der Waals surface area contributed by atoms with Crippen LogP contribution in [0.3, 0.4) is 0 Å². The first-order valence-corrected chi connectivity index (χ1v) is 6.66. The average molecular weight is 265 g/mol. The monoisotopic (exact) mass is 265 g/mol. The lowest BCUT2D eigenvalue weighted by Crippen LogP contribution is -2.15. The first-order chi connectivity index (χ1) is 9.74. The molecule has 3 nitrogen and oxygen atoms in total. The number of rotatable bonds is 3. The van der Waals surface area contributed by atoms with Crippen molar-refractivity contribution in [3.63, 3.8) is 0 Å². The van der Waals surface area contributed by atoms with Crippen LogP contribution in [0.5, 0.6) is 5.75 Å². The van der Waals surface area contributed by atoms with Crippen molar-refractivity contribution >= 4 is 16.6 Å². The molecule has 1 heterocycles. The Balaban J connectivity index is 1.92. The molecular weight excluding hydrogens is 248 g/mol. The van der Waals surface area contributed by atoms with Crippen molar-refractivity contribution in [3.05, 3.63) is 65.9 Å². The van der Waals surface area contributed by atoms with Gasteiger partial charge in [-0.25, -0.2) is 4.98 Å². The van der Waals surface area contributed by atoms with Gasteiger partial charge in [0, 0.05) is 11.6 Å². The maximum atomic E-state index is 10.1. The number of fused-ring (bicyclic) bond motifs is 1. The number of anilines is 1. The minimum atomic E-state index is 0.323. The van der Waals surface area contributed by atoms with Crippen LogP contribution < -0.4 is 10.3 Å². The molecule has 0 aliphatic heterocycles. The number of aromatic nitrogens is 1. The number of aryl methyl sites for hydroxylation is 1. The fourth-order valence-corrected chi connectivity index (χ4v) is 2.38. The van der Waals surface area contributed by atoms with Crippen LogP contribution in [0.1, 0.15) is 11.3 Å². The number of phenols is 1. The second kappa shape index (κ2) is 5.21. The van der Waals surface area contributed by atoms with E-state index < -0.39 is 0 Å². The molecule has 0 aliphatic rings. The maximum absolute atomic E-state index is 10.1. The highest BCUT2D eigenvalue weighted by Crippen LogP contribution is 2.27. The lowest BCUT2D eigenvalue weighted by Gasteiger charge is -2.07. The second-order valence-electron chi connectivity index (χ2n) is 4.89. The average Bonchev–Trinajstić information content (AvgIpc) is 2.46. The summed E-state index contributed by atoms with van der Waals surface area (Å²) < 4.78 is 0. The van der Waals surface area contributed by atoms with Crippen molar-refractivity contribution in [3.8, 4) is 5.75 Å². The minimum absolute atomic E-state index is 0.323. The van der Waals surface area contributed by atoms with Gasteiger partial charge in [-0.05, 0) is 29.8 Å². The Hall–Kier alpha value is -2.55. The molecule has 2 aromatic carbocycles. The molecule has 0 bridgehead atoms. The lowest BCUT2D eigenvalue weighted by molar-refractivity contribution is -0.371. The number of aromatic amines is 1. The van der Waals surface area contributed by atoms with Crippen molar-refractivity contribution in [2.24, 2.45) is 0 Å². The van der Waals surface area contributed by atoms with Crippen molar-refractivity contribution in [1.82, 2.24) is 0 Å². The minimum Gasteiger partial charge on any atom is -0.507 e. The standard InChI is InChI=1S/C17H16N2O/c1-12-5-4-8-17(19-12)18-11-15-14-7-3-2-6-13(14)9-10-16(15)20/h2-10,20H,11H2,1H3,(H,18,19)/p+1. The van der Waals surface area contributed by atoms with Crippen LogP contribution in [0.4, 0.5) is 5.82 Å². The Morgan fingerprint density at radius 3 is 2.70 bits per heavy atom. The predicted octanol–water partition coefficient (Wildman–Crippen LogP) is 3.28. The SMILES string of the molecule is Cc1cccc(NCc2c(O)ccc3ccccc23)[nH+]1. The zero-order valence-corrected chi connectivity index (χ0v) is 11.4. The van der Waals surface area contributed by atoms with Crippen LogP contribution in [0.2, 0.25) is 0 Å². The molecule has 0 saturated carbocycles. The van der Waals surface area contributed by atoms with Gasteiger partial charge in [-0.15, -0.1) is 0 Å². The molecule has 20 heavy (non-hydrogen) atoms. The Labute approximate surface area is 117 Å². The summed E-state index contributed by atoms with van der Waals surface area (Å²) in [4.78, 5) is 3.25. The topological polar surface area (TPSA) is 46.4 Å². The third-order valence-corrected chi connectivity index (χ3v) is 3.41. The van der Waals surface area contributed by atoms with Gasteiger partial charge in [0.1, 0.15) is 12.3 Å². The van der Waals surface area contributed by atoms with Gasteiger partial charge in [0.15, 0.2) is 0 Å². The van der Waals surface area contributed by atoms with Gasteiger partial charge in [-0.1, -0.05) is 36.4 Å². The predicted molar refractivity (Wildman–Crippen MR) is 80.7 cm³/mol. The van der Waals surface area contributed by atoms with E-state index in [1.807, 2.05) is 49.4 Å². The molecule has 100 valence electrons. The van der Waals surface area contributed by atoms with E-state index in [1.165, 1.54) is 0 Å². The number of pyridine rings is 1. The normalized spacial score (nSPS) is 10.7. The smallest absolute Gasteiger partial charge is 0.272 e. The number of hydrogen-bond donors (Lipinski definition) is 2. The van der Waals surface area contributed by atoms with E-state index in [2.05, 4.69) is 16.4 Å². The van der Waals surface area contributed by atoms with E-state index in [1.54, 1.807) is 6.07 Å². The number of H-pyrrole nitrogens is 1. The summed E-state index contributed by atoms with van der Waals surface area (Å²) in [5.41, 5.74) is 2.01. The van der Waals surface area contributed by atoms with E-state index in [4.69, 9.17) is 0 Å². The van der Waals surface area contributed by atoms with Crippen LogP contribution in [0, 0.1) is 6.92 Å². The molecule has 0 amide bonds. The van der Waals surface area contributed by atoms with Crippen LogP contribution in [0.25, 0.3) is 10.8 Å². The highest BCUT2D eigenvalue weighted by Gasteiger charge is 2.09. The second-order valence-corrected chi connectivity index (χ2v) is 4.89. The van der Waals surface area contributed by atoms with Gasteiger partial charge in [0.05, 0.1) is 5.69 Å². The quantitative estimate of drug-likeness (QED) is 0.763. The Morgan fingerprint density at radius 1 is 1.00 bits per heavy atom. The summed E-state index contributed by atoms with van der Waals surface area (Å²) in [5, 5.41) is 15.6. The zero-order chi connectivity index (χ0) is 13.9. The summed E-state index contributed by atoms with van der Waals surface area (Å²) in [5.74, 6) is 1.26. The summed E-state index contributed by atoms with van der Waals surface area (Å²) in [6.07, 6.45) is 0. The Bertz CT molecular complexity index is 753. The van der Waals surface area contributed by atoms with Crippen LogP contribution in [-0.4, -0.2) is 5.11 Å². The number of hydrogen-bond acceptors (Lipinski definition) is 2. The van der Waals surface area contributed by atoms with E-state index in [9.17, 15) is 5.11 Å². The molecule has 0 aliphatic carbocycles. The molecule has 0 atom stereocenters. The van der Waals surface area contributed by atoms with Crippen molar-refractivity contribution in [2.75, 3.05) is 5.32 Å². The number of aromatic hydroxyl groups is 1. The van der Waals surface area contributed by atoms with Gasteiger partial charge in [-0.2, -0.15) is 0 Å². The molecular formula is C17H17N2O+. The van der Waals surface area contributed by atoms with Crippen LogP contribution >= 0.6 is 0 Å². The van der Waals surface area contributed by atoms with Gasteiger partial charge in [0.25, 0.3) is 5.82 Å². The molecule has 3 rings (SSSR count). The van der Waals surface area contributed by atoms with Crippen molar-refractivity contribution < 1.29 is 10.1 Å². The first-order valence-electron chi connectivity index (χ1n) is 6.66. The molecule has 3 heteroatoms. The van der Waals surface area contributed by atoms with Gasteiger partial charge < -0.3 is 5.11 Å². The van der Waals surface area contributed by atoms with E-state index in [-0.39, 0.29) is 0 Å². The summed E-state index contributed by atoms with van der Waals surface area (Å²) >= 11 is 0. The molecule has 3 aromatic rings. The highest BCUT2D eigenvalue weighted by molar-refractivity contribution is 5.87. The molecule has 0 radical (unpaired) electrons. The third-order valence-electron chi connectivity index (χ3n) is 3.41. The van der Waals surface area contributed by atoms with Gasteiger partial charge >= 0.3 is 0 Å². The van der Waals surface area contributed by atoms with Crippen LogP contribution in [-0.2, 0) is 6.54 Å². The maximum Gasteiger partial charge on any atom is 0.272 e. The van der Waals surface area contributed by atoms with Crippen molar-refractivity contribution in [1.29, 1.82) is 0 Å². The largest absolute Gasteiger partial charge is 0.507 e. The number of benzene rings is 2. The van der Waals surface area contributed by atoms with Crippen molar-refractivity contribution in [2.45, 2.75) is 13.5 Å². The first kappa shape index (κ1) is 12.5. The summed E-state index contributed by atoms with van der Waals surface area (Å²) in [7, 11) is 0. The molecule has 0 fully saturated rings. The third kappa shape index (κ3) is 2.43. The highest BCUT2D eigenvalue weighted by atomic mass is 16.3. The Morgan fingerprint density at radius 2 is 1.85 bits per heavy atom.